The second-order valence-corrected chi connectivity index (χ2v) is 2.38. The Balaban J connectivity index is 0. The molecule has 0 amide bonds. The molecule has 0 unspecified atom stereocenters. The van der Waals surface area contributed by atoms with Gasteiger partial charge in [-0.1, -0.05) is 6.07 Å². The predicted molar refractivity (Wildman–Crippen MR) is 41.3 cm³/mol. The Morgan fingerprint density at radius 2 is 2.12 bits per heavy atom. The van der Waals surface area contributed by atoms with Gasteiger partial charge in [-0.05, 0) is 18.4 Å². The van der Waals surface area contributed by atoms with E-state index >= 15 is 0 Å². The molecule has 0 saturated carbocycles. The van der Waals surface area contributed by atoms with Crippen molar-refractivity contribution in [2.45, 2.75) is 6.92 Å². The summed E-state index contributed by atoms with van der Waals surface area (Å²) in [7, 11) is 0. The van der Waals surface area contributed by atoms with Gasteiger partial charge in [0.05, 0.1) is 0 Å². The molecule has 0 aromatic carbocycles. The van der Waals surface area contributed by atoms with Crippen molar-refractivity contribution in [1.82, 2.24) is 6.15 Å². The second-order valence-electron chi connectivity index (χ2n) is 1.22. The monoisotopic (exact) mass is 151 g/mol. The van der Waals surface area contributed by atoms with E-state index in [1.807, 2.05) is 0 Å². The number of hydrogen-bond acceptors (Lipinski definition) is 2. The molecule has 0 spiro atoms. The quantitative estimate of drug-likeness (QED) is 0.608. The zero-order valence-corrected chi connectivity index (χ0v) is 6.39. The van der Waals surface area contributed by atoms with Gasteiger partial charge in [0.15, 0.2) is 0 Å². The van der Waals surface area contributed by atoms with Crippen LogP contribution in [0.2, 0.25) is 0 Å². The van der Waals surface area contributed by atoms with Crippen LogP contribution < -0.4 is 6.15 Å². The van der Waals surface area contributed by atoms with Crippen LogP contribution in [0, 0.1) is 6.92 Å². The van der Waals surface area contributed by atoms with E-state index in [1.54, 1.807) is 11.3 Å². The Hall–Kier alpha value is -0.0500. The van der Waals surface area contributed by atoms with E-state index < -0.39 is 0 Å². The molecule has 0 saturated heterocycles. The average molecular weight is 152 g/mol. The van der Waals surface area contributed by atoms with Crippen LogP contribution in [0.1, 0.15) is 4.88 Å². The maximum absolute atomic E-state index is 2.10. The third-order valence-corrected chi connectivity index (χ3v) is 1.46. The maximum Gasteiger partial charge on any atom is 0.00141 e. The first-order valence-electron chi connectivity index (χ1n) is 1.90. The van der Waals surface area contributed by atoms with Crippen LogP contribution in [0.15, 0.2) is 17.5 Å². The van der Waals surface area contributed by atoms with Gasteiger partial charge in [-0.3, -0.25) is 0 Å². The normalized spacial score (nSPS) is 6.62. The Labute approximate surface area is 59.7 Å². The fourth-order valence-electron chi connectivity index (χ4n) is 0.361. The molecule has 0 atom stereocenters. The second kappa shape index (κ2) is 5.09. The first kappa shape index (κ1) is 10.8. The lowest BCUT2D eigenvalue weighted by Gasteiger charge is -1.65. The first-order chi connectivity index (χ1) is 2.89. The smallest absolute Gasteiger partial charge is 0.00141 e. The minimum absolute atomic E-state index is 0. The van der Waals surface area contributed by atoms with Crippen LogP contribution in [0.3, 0.4) is 0 Å². The third kappa shape index (κ3) is 3.02. The number of hydrogen-bond donors (Lipinski definition) is 1. The van der Waals surface area contributed by atoms with Crippen molar-refractivity contribution in [3.05, 3.63) is 22.4 Å². The summed E-state index contributed by atoms with van der Waals surface area (Å²) in [6.07, 6.45) is 0. The van der Waals surface area contributed by atoms with Crippen LogP contribution >= 0.6 is 23.7 Å². The summed E-state index contributed by atoms with van der Waals surface area (Å²) in [4.78, 5) is 1.38. The van der Waals surface area contributed by atoms with Gasteiger partial charge in [-0.25, -0.2) is 0 Å². The third-order valence-electron chi connectivity index (χ3n) is 0.663. The molecule has 8 heavy (non-hydrogen) atoms. The van der Waals surface area contributed by atoms with Gasteiger partial charge in [0.2, 0.25) is 0 Å². The zero-order valence-electron chi connectivity index (χ0n) is 4.76. The van der Waals surface area contributed by atoms with E-state index in [0.29, 0.717) is 0 Å². The Kier molecular flexibility index (Phi) is 6.91. The van der Waals surface area contributed by atoms with Crippen molar-refractivity contribution in [3.8, 4) is 0 Å². The van der Waals surface area contributed by atoms with Crippen molar-refractivity contribution in [3.63, 3.8) is 0 Å². The first-order valence-corrected chi connectivity index (χ1v) is 2.77. The van der Waals surface area contributed by atoms with E-state index in [1.165, 1.54) is 4.88 Å². The minimum atomic E-state index is 0. The van der Waals surface area contributed by atoms with Gasteiger partial charge in [0.1, 0.15) is 0 Å². The predicted octanol–water partition coefficient (Wildman–Crippen LogP) is 2.64. The summed E-state index contributed by atoms with van der Waals surface area (Å²) in [5.41, 5.74) is 0. The SMILES string of the molecule is Cc1cccs1.Cl.N. The molecule has 0 fully saturated rings. The number of thiophene rings is 1. The highest BCUT2D eigenvalue weighted by atomic mass is 35.5. The molecular formula is C5H10ClNS. The van der Waals surface area contributed by atoms with Crippen LogP contribution in [-0.2, 0) is 0 Å². The van der Waals surface area contributed by atoms with Crippen molar-refractivity contribution < 1.29 is 0 Å². The van der Waals surface area contributed by atoms with E-state index in [4.69, 9.17) is 0 Å². The molecule has 3 heteroatoms. The van der Waals surface area contributed by atoms with Crippen LogP contribution in [0.4, 0.5) is 0 Å². The maximum atomic E-state index is 2.10. The van der Waals surface area contributed by atoms with Crippen molar-refractivity contribution in [2.75, 3.05) is 0 Å². The van der Waals surface area contributed by atoms with E-state index in [9.17, 15) is 0 Å². The molecule has 1 heterocycles. The summed E-state index contributed by atoms with van der Waals surface area (Å²) >= 11 is 1.78. The zero-order chi connectivity index (χ0) is 4.41. The van der Waals surface area contributed by atoms with Crippen molar-refractivity contribution >= 4 is 23.7 Å². The van der Waals surface area contributed by atoms with Crippen molar-refractivity contribution in [1.29, 1.82) is 0 Å². The Morgan fingerprint density at radius 3 is 2.25 bits per heavy atom. The highest BCUT2D eigenvalue weighted by molar-refractivity contribution is 7.09. The fraction of sp³-hybridized carbons (Fsp3) is 0.200. The lowest BCUT2D eigenvalue weighted by molar-refractivity contribution is 1.64. The average Bonchev–Trinajstić information content (AvgIpc) is 1.86. The van der Waals surface area contributed by atoms with Gasteiger partial charge in [0.25, 0.3) is 0 Å². The summed E-state index contributed by atoms with van der Waals surface area (Å²) < 4.78 is 0. The molecule has 0 aliphatic carbocycles. The van der Waals surface area contributed by atoms with Crippen molar-refractivity contribution in [2.24, 2.45) is 0 Å². The topological polar surface area (TPSA) is 35.0 Å². The molecule has 1 aromatic rings. The minimum Gasteiger partial charge on any atom is -0.344 e. The summed E-state index contributed by atoms with van der Waals surface area (Å²) in [5.74, 6) is 0. The molecule has 1 nitrogen and oxygen atoms in total. The van der Waals surface area contributed by atoms with Gasteiger partial charge in [-0.2, -0.15) is 0 Å². The molecular weight excluding hydrogens is 142 g/mol. The van der Waals surface area contributed by atoms with Gasteiger partial charge in [0, 0.05) is 4.88 Å². The Bertz CT molecular complexity index is 116. The highest BCUT2D eigenvalue weighted by Gasteiger charge is 1.74. The van der Waals surface area contributed by atoms with Crippen LogP contribution in [0.5, 0.6) is 0 Å². The summed E-state index contributed by atoms with van der Waals surface area (Å²) in [6, 6.07) is 4.16. The standard InChI is InChI=1S/C5H6S.ClH.H3N/c1-5-3-2-4-6-5;;/h2-4H,1H3;1H;1H3. The number of rotatable bonds is 0. The van der Waals surface area contributed by atoms with Gasteiger partial charge >= 0.3 is 0 Å². The van der Waals surface area contributed by atoms with Crippen LogP contribution in [0.25, 0.3) is 0 Å². The lowest BCUT2D eigenvalue weighted by Crippen LogP contribution is -1.42. The fourth-order valence-corrected chi connectivity index (χ4v) is 0.890. The van der Waals surface area contributed by atoms with Gasteiger partial charge < -0.3 is 6.15 Å². The summed E-state index contributed by atoms with van der Waals surface area (Å²) in [5, 5.41) is 2.08. The van der Waals surface area contributed by atoms with Gasteiger partial charge in [-0.15, -0.1) is 23.7 Å². The molecule has 48 valence electrons. The largest absolute Gasteiger partial charge is 0.344 e. The summed E-state index contributed by atoms with van der Waals surface area (Å²) in [6.45, 7) is 2.10. The molecule has 0 aliphatic heterocycles. The van der Waals surface area contributed by atoms with Crippen LogP contribution in [-0.4, -0.2) is 0 Å². The number of aryl methyl sites for hydroxylation is 1. The molecule has 0 radical (unpaired) electrons. The lowest BCUT2D eigenvalue weighted by atomic mass is 10.5. The molecule has 1 aromatic heterocycles. The van der Waals surface area contributed by atoms with E-state index in [2.05, 4.69) is 24.4 Å². The van der Waals surface area contributed by atoms with E-state index in [0.717, 1.165) is 0 Å². The molecule has 0 aliphatic rings. The molecule has 0 bridgehead atoms. The van der Waals surface area contributed by atoms with E-state index in [-0.39, 0.29) is 18.6 Å². The molecule has 1 rings (SSSR count). The number of halogens is 1. The highest BCUT2D eigenvalue weighted by Crippen LogP contribution is 2.03. The Morgan fingerprint density at radius 1 is 1.50 bits per heavy atom. The molecule has 3 N–H and O–H groups in total.